The molecule has 0 fully saturated rings. The Morgan fingerprint density at radius 2 is 2.26 bits per heavy atom. The molecular weight excluding hydrogens is 238 g/mol. The van der Waals surface area contributed by atoms with E-state index in [4.69, 9.17) is 4.74 Å². The van der Waals surface area contributed by atoms with Gasteiger partial charge in [0.2, 0.25) is 0 Å². The average Bonchev–Trinajstić information content (AvgIpc) is 2.61. The van der Waals surface area contributed by atoms with Crippen molar-refractivity contribution < 1.29 is 9.53 Å². The Hall–Kier alpha value is -1.90. The normalized spacial score (nSPS) is 18.8. The van der Waals surface area contributed by atoms with E-state index in [9.17, 15) is 4.79 Å². The summed E-state index contributed by atoms with van der Waals surface area (Å²) in [5.74, 6) is -0.150. The Kier molecular flexibility index (Phi) is 7.25. The van der Waals surface area contributed by atoms with Crippen LogP contribution in [0.5, 0.6) is 0 Å². The van der Waals surface area contributed by atoms with E-state index in [1.807, 2.05) is 42.5 Å². The highest BCUT2D eigenvalue weighted by molar-refractivity contribution is 6.04. The molecule has 3 nitrogen and oxygen atoms in total. The Labute approximate surface area is 115 Å². The summed E-state index contributed by atoms with van der Waals surface area (Å²) >= 11 is 0. The predicted molar refractivity (Wildman–Crippen MR) is 79.3 cm³/mol. The second kappa shape index (κ2) is 9.09. The summed E-state index contributed by atoms with van der Waals surface area (Å²) in [5, 5.41) is 0. The SMILES string of the molecule is CCC(=O)OCC/C=C/C=C\C1=NC(C)C=CC=C1. The number of hydrogen-bond acceptors (Lipinski definition) is 3. The fraction of sp³-hybridized carbons (Fsp3) is 0.375. The van der Waals surface area contributed by atoms with Crippen molar-refractivity contribution in [3.8, 4) is 0 Å². The van der Waals surface area contributed by atoms with Gasteiger partial charge in [-0.15, -0.1) is 0 Å². The Balaban J connectivity index is 2.28. The highest BCUT2D eigenvalue weighted by Crippen LogP contribution is 2.01. The van der Waals surface area contributed by atoms with Gasteiger partial charge < -0.3 is 4.74 Å². The lowest BCUT2D eigenvalue weighted by atomic mass is 10.3. The fourth-order valence-electron chi connectivity index (χ4n) is 1.47. The van der Waals surface area contributed by atoms with Crippen LogP contribution in [0.3, 0.4) is 0 Å². The van der Waals surface area contributed by atoms with Gasteiger partial charge in [0.15, 0.2) is 0 Å². The molecule has 0 bridgehead atoms. The molecule has 0 radical (unpaired) electrons. The molecule has 1 rings (SSSR count). The predicted octanol–water partition coefficient (Wildman–Crippen LogP) is 3.40. The van der Waals surface area contributed by atoms with Gasteiger partial charge in [-0.2, -0.15) is 0 Å². The molecule has 1 heterocycles. The summed E-state index contributed by atoms with van der Waals surface area (Å²) in [4.78, 5) is 15.4. The number of esters is 1. The van der Waals surface area contributed by atoms with Crippen molar-refractivity contribution in [1.29, 1.82) is 0 Å². The highest BCUT2D eigenvalue weighted by atomic mass is 16.5. The molecule has 102 valence electrons. The lowest BCUT2D eigenvalue weighted by molar-refractivity contribution is -0.143. The Bertz CT molecular complexity index is 428. The Morgan fingerprint density at radius 1 is 1.42 bits per heavy atom. The van der Waals surface area contributed by atoms with Crippen LogP contribution in [0.25, 0.3) is 0 Å². The molecule has 1 aliphatic heterocycles. The van der Waals surface area contributed by atoms with Crippen LogP contribution < -0.4 is 0 Å². The van der Waals surface area contributed by atoms with Crippen LogP contribution in [0.4, 0.5) is 0 Å². The van der Waals surface area contributed by atoms with Crippen molar-refractivity contribution >= 4 is 11.7 Å². The third kappa shape index (κ3) is 7.19. The largest absolute Gasteiger partial charge is 0.465 e. The van der Waals surface area contributed by atoms with Crippen LogP contribution >= 0.6 is 0 Å². The summed E-state index contributed by atoms with van der Waals surface area (Å²) in [6.45, 7) is 4.28. The minimum atomic E-state index is -0.150. The van der Waals surface area contributed by atoms with Gasteiger partial charge in [0.25, 0.3) is 0 Å². The van der Waals surface area contributed by atoms with E-state index in [-0.39, 0.29) is 12.0 Å². The van der Waals surface area contributed by atoms with Gasteiger partial charge >= 0.3 is 5.97 Å². The molecular formula is C16H21NO2. The zero-order valence-corrected chi connectivity index (χ0v) is 11.6. The van der Waals surface area contributed by atoms with Gasteiger partial charge in [0.05, 0.1) is 18.4 Å². The van der Waals surface area contributed by atoms with E-state index in [2.05, 4.69) is 18.0 Å². The molecule has 0 saturated carbocycles. The third-order valence-electron chi connectivity index (χ3n) is 2.47. The summed E-state index contributed by atoms with van der Waals surface area (Å²) in [5.41, 5.74) is 0.958. The van der Waals surface area contributed by atoms with Crippen molar-refractivity contribution in [3.05, 3.63) is 48.6 Å². The lowest BCUT2D eigenvalue weighted by Gasteiger charge is -1.98. The number of nitrogens with zero attached hydrogens (tertiary/aromatic N) is 1. The van der Waals surface area contributed by atoms with Gasteiger partial charge in [0.1, 0.15) is 0 Å². The van der Waals surface area contributed by atoms with Crippen molar-refractivity contribution in [2.75, 3.05) is 6.61 Å². The van der Waals surface area contributed by atoms with Gasteiger partial charge in [-0.3, -0.25) is 9.79 Å². The van der Waals surface area contributed by atoms with E-state index in [1.165, 1.54) is 0 Å². The molecule has 0 aromatic carbocycles. The molecule has 0 aromatic rings. The van der Waals surface area contributed by atoms with Crippen molar-refractivity contribution in [2.45, 2.75) is 32.7 Å². The number of allylic oxidation sites excluding steroid dienone is 6. The van der Waals surface area contributed by atoms with Crippen molar-refractivity contribution in [2.24, 2.45) is 4.99 Å². The molecule has 0 aliphatic carbocycles. The minimum Gasteiger partial charge on any atom is -0.465 e. The first-order valence-corrected chi connectivity index (χ1v) is 6.64. The molecule has 19 heavy (non-hydrogen) atoms. The molecule has 0 N–H and O–H groups in total. The maximum atomic E-state index is 10.9. The number of hydrogen-bond donors (Lipinski definition) is 0. The maximum absolute atomic E-state index is 10.9. The van der Waals surface area contributed by atoms with Gasteiger partial charge in [-0.1, -0.05) is 43.4 Å². The number of ether oxygens (including phenoxy) is 1. The van der Waals surface area contributed by atoms with Gasteiger partial charge in [0, 0.05) is 6.42 Å². The maximum Gasteiger partial charge on any atom is 0.305 e. The molecule has 0 spiro atoms. The second-order valence-electron chi connectivity index (χ2n) is 4.19. The zero-order chi connectivity index (χ0) is 13.9. The molecule has 0 amide bonds. The summed E-state index contributed by atoms with van der Waals surface area (Å²) in [7, 11) is 0. The molecule has 1 aliphatic rings. The summed E-state index contributed by atoms with van der Waals surface area (Å²) in [6.07, 6.45) is 17.0. The monoisotopic (exact) mass is 259 g/mol. The van der Waals surface area contributed by atoms with Crippen LogP contribution in [-0.4, -0.2) is 24.3 Å². The van der Waals surface area contributed by atoms with E-state index in [0.717, 1.165) is 12.1 Å². The first kappa shape index (κ1) is 15.2. The van der Waals surface area contributed by atoms with Crippen molar-refractivity contribution in [1.82, 2.24) is 0 Å². The summed E-state index contributed by atoms with van der Waals surface area (Å²) < 4.78 is 4.96. The van der Waals surface area contributed by atoms with Crippen LogP contribution in [0, 0.1) is 0 Å². The van der Waals surface area contributed by atoms with E-state index < -0.39 is 0 Å². The minimum absolute atomic E-state index is 0.150. The lowest BCUT2D eigenvalue weighted by Crippen LogP contribution is -2.02. The van der Waals surface area contributed by atoms with Gasteiger partial charge in [-0.25, -0.2) is 0 Å². The van der Waals surface area contributed by atoms with Crippen LogP contribution in [-0.2, 0) is 9.53 Å². The molecule has 0 saturated heterocycles. The summed E-state index contributed by atoms with van der Waals surface area (Å²) in [6, 6.07) is 0.215. The number of aliphatic imine (C=N–C) groups is 1. The quantitative estimate of drug-likeness (QED) is 0.416. The van der Waals surface area contributed by atoms with Crippen LogP contribution in [0.1, 0.15) is 26.7 Å². The molecule has 1 unspecified atom stereocenters. The topological polar surface area (TPSA) is 38.7 Å². The number of rotatable bonds is 6. The van der Waals surface area contributed by atoms with Gasteiger partial charge in [-0.05, 0) is 25.5 Å². The number of carbonyl (C=O) groups excluding carboxylic acids is 1. The Morgan fingerprint density at radius 3 is 3.05 bits per heavy atom. The van der Waals surface area contributed by atoms with Crippen LogP contribution in [0.2, 0.25) is 0 Å². The average molecular weight is 259 g/mol. The second-order valence-corrected chi connectivity index (χ2v) is 4.19. The highest BCUT2D eigenvalue weighted by Gasteiger charge is 1.96. The molecule has 0 aromatic heterocycles. The molecule has 1 atom stereocenters. The first-order valence-electron chi connectivity index (χ1n) is 6.64. The van der Waals surface area contributed by atoms with E-state index >= 15 is 0 Å². The first-order chi connectivity index (χ1) is 9.22. The van der Waals surface area contributed by atoms with E-state index in [0.29, 0.717) is 13.0 Å². The van der Waals surface area contributed by atoms with Crippen LogP contribution in [0.15, 0.2) is 53.6 Å². The fourth-order valence-corrected chi connectivity index (χ4v) is 1.47. The standard InChI is InChI=1S/C16H21NO2/c1-3-16(18)19-13-9-5-4-6-11-15-12-8-7-10-14(2)17-15/h4-8,10-12,14H,3,9,13H2,1-2H3/b5-4+,11-6-. The zero-order valence-electron chi connectivity index (χ0n) is 11.6. The van der Waals surface area contributed by atoms with Crippen molar-refractivity contribution in [3.63, 3.8) is 0 Å². The third-order valence-corrected chi connectivity index (χ3v) is 2.47. The van der Waals surface area contributed by atoms with E-state index in [1.54, 1.807) is 6.92 Å². The molecule has 3 heteroatoms. The number of carbonyl (C=O) groups is 1. The smallest absolute Gasteiger partial charge is 0.305 e.